The Labute approximate surface area is 349 Å². The zero-order chi connectivity index (χ0) is 40.0. The Balaban J connectivity index is 1.16. The molecule has 0 saturated carbocycles. The van der Waals surface area contributed by atoms with Crippen molar-refractivity contribution >= 4 is 76.3 Å². The predicted octanol–water partition coefficient (Wildman–Crippen LogP) is 14.1. The third-order valence-corrected chi connectivity index (χ3v) is 12.1. The van der Waals surface area contributed by atoms with Crippen LogP contribution in [0.5, 0.6) is 0 Å². The van der Waals surface area contributed by atoms with Gasteiger partial charge in [-0.3, -0.25) is 0 Å². The van der Waals surface area contributed by atoms with Gasteiger partial charge in [-0.15, -0.1) is 0 Å². The topological polar surface area (TPSA) is 61.7 Å². The Hall–Kier alpha value is -8.35. The fourth-order valence-electron chi connectivity index (χ4n) is 9.42. The molecule has 0 N–H and O–H groups in total. The number of fused-ring (bicyclic) bond motifs is 10. The largest absolute Gasteiger partial charge is 0.456 e. The van der Waals surface area contributed by atoms with Crippen LogP contribution in [-0.2, 0) is 0 Å². The second kappa shape index (κ2) is 13.1. The van der Waals surface area contributed by atoms with Crippen LogP contribution in [-0.4, -0.2) is 24.1 Å². The van der Waals surface area contributed by atoms with Crippen LogP contribution in [0.4, 0.5) is 0 Å². The third kappa shape index (κ3) is 5.12. The summed E-state index contributed by atoms with van der Waals surface area (Å²) in [4.78, 5) is 16.2. The lowest BCUT2D eigenvalue weighted by Gasteiger charge is -2.16. The highest BCUT2D eigenvalue weighted by Crippen LogP contribution is 2.43. The van der Waals surface area contributed by atoms with Gasteiger partial charge in [0.1, 0.15) is 11.2 Å². The SMILES string of the molecule is c1ccc(-c2nc(-c3cc4oc5ccccc5c4cc3-n3c4ccccc4c4cc5ccccc5cc43)nc(-c3cccc4c5ccccc5n(-c5ccccc5)c34)n2)cc1. The van der Waals surface area contributed by atoms with Crippen molar-refractivity contribution in [3.8, 4) is 45.5 Å². The molecule has 4 heterocycles. The van der Waals surface area contributed by atoms with Crippen LogP contribution < -0.4 is 0 Å². The first-order chi connectivity index (χ1) is 30.2. The second-order valence-corrected chi connectivity index (χ2v) is 15.6. The maximum absolute atomic E-state index is 6.62. The van der Waals surface area contributed by atoms with Crippen molar-refractivity contribution in [3.05, 3.63) is 200 Å². The first-order valence-corrected chi connectivity index (χ1v) is 20.5. The summed E-state index contributed by atoms with van der Waals surface area (Å²) in [5.74, 6) is 1.72. The highest BCUT2D eigenvalue weighted by Gasteiger charge is 2.24. The van der Waals surface area contributed by atoms with E-state index in [1.807, 2.05) is 30.3 Å². The zero-order valence-corrected chi connectivity index (χ0v) is 32.7. The Morgan fingerprint density at radius 3 is 1.72 bits per heavy atom. The van der Waals surface area contributed by atoms with E-state index in [-0.39, 0.29) is 0 Å². The van der Waals surface area contributed by atoms with Crippen molar-refractivity contribution < 1.29 is 4.42 Å². The summed E-state index contributed by atoms with van der Waals surface area (Å²) < 4.78 is 11.3. The highest BCUT2D eigenvalue weighted by molar-refractivity contribution is 6.16. The van der Waals surface area contributed by atoms with Crippen LogP contribution in [0, 0.1) is 0 Å². The van der Waals surface area contributed by atoms with Crippen LogP contribution in [0.2, 0.25) is 0 Å². The Morgan fingerprint density at radius 2 is 0.934 bits per heavy atom. The Bertz CT molecular complexity index is 3880. The molecule has 0 radical (unpaired) electrons. The summed E-state index contributed by atoms with van der Waals surface area (Å²) >= 11 is 0. The van der Waals surface area contributed by atoms with Crippen LogP contribution in [0.15, 0.2) is 205 Å². The molecule has 61 heavy (non-hydrogen) atoms. The minimum atomic E-state index is 0.548. The molecule has 9 aromatic carbocycles. The van der Waals surface area contributed by atoms with Crippen LogP contribution in [0.1, 0.15) is 0 Å². The normalized spacial score (nSPS) is 11.9. The standard InChI is InChI=1S/C55H33N5O/c1-3-16-34(17-4-1)53-56-54(42-26-15-25-41-38-22-9-12-27-46(38)59(52(41)42)37-20-5-2-6-21-37)58-55(57-53)45-33-51-44(40-24-11-14-29-50(40)61-51)32-49(45)60-47-28-13-10-23-39(47)43-30-35-18-7-8-19-36(35)31-48(43)60/h1-33H. The number of hydrogen-bond donors (Lipinski definition) is 0. The number of benzene rings is 9. The quantitative estimate of drug-likeness (QED) is 0.175. The number of aromatic nitrogens is 5. The first kappa shape index (κ1) is 33.6. The molecule has 6 heteroatoms. The van der Waals surface area contributed by atoms with Crippen molar-refractivity contribution in [2.45, 2.75) is 0 Å². The predicted molar refractivity (Wildman–Crippen MR) is 250 cm³/mol. The molecular weight excluding hydrogens is 747 g/mol. The molecule has 0 spiro atoms. The number of furan rings is 1. The fraction of sp³-hybridized carbons (Fsp3) is 0. The van der Waals surface area contributed by atoms with Gasteiger partial charge in [0.15, 0.2) is 17.5 Å². The third-order valence-electron chi connectivity index (χ3n) is 12.1. The molecule has 13 rings (SSSR count). The van der Waals surface area contributed by atoms with Crippen LogP contribution >= 0.6 is 0 Å². The first-order valence-electron chi connectivity index (χ1n) is 20.5. The highest BCUT2D eigenvalue weighted by atomic mass is 16.3. The molecule has 284 valence electrons. The summed E-state index contributed by atoms with van der Waals surface area (Å²) in [6, 6.07) is 70.2. The molecule has 0 saturated heterocycles. The van der Waals surface area contributed by atoms with Gasteiger partial charge in [-0.25, -0.2) is 15.0 Å². The molecule has 0 unspecified atom stereocenters. The lowest BCUT2D eigenvalue weighted by molar-refractivity contribution is 0.669. The summed E-state index contributed by atoms with van der Waals surface area (Å²) in [6.07, 6.45) is 0. The lowest BCUT2D eigenvalue weighted by atomic mass is 10.0. The molecule has 0 aliphatic carbocycles. The molecule has 13 aromatic rings. The molecule has 0 atom stereocenters. The van der Waals surface area contributed by atoms with Gasteiger partial charge in [0.25, 0.3) is 0 Å². The molecule has 0 amide bonds. The maximum Gasteiger partial charge on any atom is 0.166 e. The minimum absolute atomic E-state index is 0.548. The molecule has 0 aliphatic heterocycles. The van der Waals surface area contributed by atoms with Gasteiger partial charge < -0.3 is 13.6 Å². The number of hydrogen-bond acceptors (Lipinski definition) is 4. The van der Waals surface area contributed by atoms with E-state index in [2.05, 4.69) is 179 Å². The van der Waals surface area contributed by atoms with Crippen molar-refractivity contribution in [1.82, 2.24) is 24.1 Å². The van der Waals surface area contributed by atoms with E-state index in [9.17, 15) is 0 Å². The number of para-hydroxylation sites is 5. The van der Waals surface area contributed by atoms with Gasteiger partial charge >= 0.3 is 0 Å². The minimum Gasteiger partial charge on any atom is -0.456 e. The van der Waals surface area contributed by atoms with Crippen molar-refractivity contribution in [3.63, 3.8) is 0 Å². The maximum atomic E-state index is 6.62. The molecular formula is C55H33N5O. The van der Waals surface area contributed by atoms with Gasteiger partial charge in [-0.2, -0.15) is 0 Å². The fourth-order valence-corrected chi connectivity index (χ4v) is 9.42. The number of nitrogens with zero attached hydrogens (tertiary/aromatic N) is 5. The van der Waals surface area contributed by atoms with E-state index in [1.54, 1.807) is 0 Å². The summed E-state index contributed by atoms with van der Waals surface area (Å²) in [5, 5.41) is 9.10. The van der Waals surface area contributed by atoms with Crippen molar-refractivity contribution in [2.75, 3.05) is 0 Å². The van der Waals surface area contributed by atoms with E-state index in [4.69, 9.17) is 19.4 Å². The average Bonchev–Trinajstić information content (AvgIpc) is 3.98. The smallest absolute Gasteiger partial charge is 0.166 e. The summed E-state index contributed by atoms with van der Waals surface area (Å²) in [6.45, 7) is 0. The van der Waals surface area contributed by atoms with E-state index in [0.717, 1.165) is 82.8 Å². The van der Waals surface area contributed by atoms with Gasteiger partial charge in [0, 0.05) is 54.7 Å². The van der Waals surface area contributed by atoms with Crippen LogP contribution in [0.25, 0.3) is 122 Å². The van der Waals surface area contributed by atoms with E-state index < -0.39 is 0 Å². The molecule has 4 aromatic heterocycles. The lowest BCUT2D eigenvalue weighted by Crippen LogP contribution is -2.04. The van der Waals surface area contributed by atoms with Crippen LogP contribution in [0.3, 0.4) is 0 Å². The van der Waals surface area contributed by atoms with Gasteiger partial charge in [-0.1, -0.05) is 140 Å². The van der Waals surface area contributed by atoms with E-state index in [0.29, 0.717) is 17.5 Å². The van der Waals surface area contributed by atoms with Crippen molar-refractivity contribution in [2.24, 2.45) is 0 Å². The average molecular weight is 780 g/mol. The van der Waals surface area contributed by atoms with Crippen molar-refractivity contribution in [1.29, 1.82) is 0 Å². The van der Waals surface area contributed by atoms with Gasteiger partial charge in [0.05, 0.1) is 27.8 Å². The van der Waals surface area contributed by atoms with Gasteiger partial charge in [0.2, 0.25) is 0 Å². The number of rotatable bonds is 5. The monoisotopic (exact) mass is 779 g/mol. The molecule has 0 aliphatic rings. The van der Waals surface area contributed by atoms with E-state index in [1.165, 1.54) is 21.5 Å². The Kier molecular flexibility index (Phi) is 7.21. The second-order valence-electron chi connectivity index (χ2n) is 15.6. The Morgan fingerprint density at radius 1 is 0.344 bits per heavy atom. The summed E-state index contributed by atoms with van der Waals surface area (Å²) in [5.41, 5.74) is 10.6. The van der Waals surface area contributed by atoms with E-state index >= 15 is 0 Å². The summed E-state index contributed by atoms with van der Waals surface area (Å²) in [7, 11) is 0. The molecule has 0 fully saturated rings. The van der Waals surface area contributed by atoms with Gasteiger partial charge in [-0.05, 0) is 71.4 Å². The molecule has 6 nitrogen and oxygen atoms in total. The molecule has 0 bridgehead atoms. The zero-order valence-electron chi connectivity index (χ0n) is 32.7.